The lowest BCUT2D eigenvalue weighted by atomic mass is 9.78. The van der Waals surface area contributed by atoms with Crippen LogP contribution in [0.25, 0.3) is 0 Å². The Morgan fingerprint density at radius 2 is 2.00 bits per heavy atom. The molecule has 4 nitrogen and oxygen atoms in total. The minimum Gasteiger partial charge on any atom is -0.493 e. The largest absolute Gasteiger partial charge is 0.493 e. The predicted molar refractivity (Wildman–Crippen MR) is 91.0 cm³/mol. The maximum atomic E-state index is 10.8. The zero-order chi connectivity index (χ0) is 16.3. The van der Waals surface area contributed by atoms with Crippen molar-refractivity contribution in [1.29, 1.82) is 0 Å². The zero-order valence-corrected chi connectivity index (χ0v) is 14.3. The van der Waals surface area contributed by atoms with Gasteiger partial charge in [0.2, 0.25) is 0 Å². The quantitative estimate of drug-likeness (QED) is 0.785. The number of likely N-dealkylation sites (tertiary alicyclic amines) is 1. The van der Waals surface area contributed by atoms with Crippen molar-refractivity contribution < 1.29 is 14.6 Å². The van der Waals surface area contributed by atoms with Crippen LogP contribution < -0.4 is 9.47 Å². The second kappa shape index (κ2) is 7.10. The molecule has 0 spiro atoms. The maximum Gasteiger partial charge on any atom is 0.161 e. The molecule has 2 aliphatic rings. The van der Waals surface area contributed by atoms with Crippen LogP contribution in [0.2, 0.25) is 0 Å². The highest BCUT2D eigenvalue weighted by Gasteiger charge is 2.49. The van der Waals surface area contributed by atoms with Crippen molar-refractivity contribution in [1.82, 2.24) is 4.90 Å². The van der Waals surface area contributed by atoms with E-state index in [4.69, 9.17) is 9.47 Å². The van der Waals surface area contributed by atoms with Crippen molar-refractivity contribution in [3.05, 3.63) is 24.3 Å². The van der Waals surface area contributed by atoms with Gasteiger partial charge in [-0.3, -0.25) is 0 Å². The molecule has 1 N–H and O–H groups in total. The summed E-state index contributed by atoms with van der Waals surface area (Å²) in [6.07, 6.45) is 4.35. The topological polar surface area (TPSA) is 41.9 Å². The highest BCUT2D eigenvalue weighted by atomic mass is 16.5. The van der Waals surface area contributed by atoms with Crippen molar-refractivity contribution in [2.24, 2.45) is 11.8 Å². The second-order valence-corrected chi connectivity index (χ2v) is 7.07. The molecule has 1 aromatic carbocycles. The monoisotopic (exact) mass is 319 g/mol. The number of nitrogens with zero attached hydrogens (tertiary/aromatic N) is 1. The number of hydrogen-bond acceptors (Lipinski definition) is 4. The molecule has 23 heavy (non-hydrogen) atoms. The first-order valence-electron chi connectivity index (χ1n) is 8.84. The smallest absolute Gasteiger partial charge is 0.161 e. The summed E-state index contributed by atoms with van der Waals surface area (Å²) in [5.74, 6) is 2.53. The molecule has 1 aliphatic carbocycles. The van der Waals surface area contributed by atoms with Gasteiger partial charge < -0.3 is 19.5 Å². The molecule has 4 heteroatoms. The van der Waals surface area contributed by atoms with Gasteiger partial charge in [-0.2, -0.15) is 0 Å². The Hall–Kier alpha value is -1.26. The molecule has 1 aliphatic heterocycles. The maximum absolute atomic E-state index is 10.8. The van der Waals surface area contributed by atoms with Gasteiger partial charge in [-0.1, -0.05) is 19.1 Å². The summed E-state index contributed by atoms with van der Waals surface area (Å²) in [5, 5.41) is 10.8. The Bertz CT molecular complexity index is 517. The van der Waals surface area contributed by atoms with Gasteiger partial charge in [-0.25, -0.2) is 0 Å². The minimum absolute atomic E-state index is 0.374. The SMILES string of the molecule is COc1ccccc1OCCCN1CC[C@@](O)(C2CC2)[C@H](C)C1. The third-order valence-corrected chi connectivity index (χ3v) is 5.44. The molecule has 0 amide bonds. The molecule has 2 fully saturated rings. The normalized spacial score (nSPS) is 28.6. The highest BCUT2D eigenvalue weighted by molar-refractivity contribution is 5.39. The molecule has 1 heterocycles. The molecular formula is C19H29NO3. The first kappa shape index (κ1) is 16.6. The highest BCUT2D eigenvalue weighted by Crippen LogP contribution is 2.47. The summed E-state index contributed by atoms with van der Waals surface area (Å²) in [7, 11) is 1.67. The van der Waals surface area contributed by atoms with Crippen molar-refractivity contribution in [3.63, 3.8) is 0 Å². The van der Waals surface area contributed by atoms with Crippen LogP contribution in [-0.2, 0) is 0 Å². The summed E-state index contributed by atoms with van der Waals surface area (Å²) in [6.45, 7) is 5.93. The predicted octanol–water partition coefficient (Wildman–Crippen LogP) is 2.95. The number of ether oxygens (including phenoxy) is 2. The van der Waals surface area contributed by atoms with E-state index in [2.05, 4.69) is 11.8 Å². The Balaban J connectivity index is 1.40. The van der Waals surface area contributed by atoms with E-state index in [1.807, 2.05) is 24.3 Å². The average molecular weight is 319 g/mol. The van der Waals surface area contributed by atoms with E-state index in [0.717, 1.165) is 44.0 Å². The van der Waals surface area contributed by atoms with E-state index in [9.17, 15) is 5.11 Å². The van der Waals surface area contributed by atoms with E-state index < -0.39 is 5.60 Å². The van der Waals surface area contributed by atoms with Crippen molar-refractivity contribution >= 4 is 0 Å². The molecule has 128 valence electrons. The zero-order valence-electron chi connectivity index (χ0n) is 14.3. The molecule has 0 unspecified atom stereocenters. The van der Waals surface area contributed by atoms with E-state index in [-0.39, 0.29) is 0 Å². The van der Waals surface area contributed by atoms with Crippen LogP contribution in [0.1, 0.15) is 32.6 Å². The van der Waals surface area contributed by atoms with Gasteiger partial charge in [0.05, 0.1) is 19.3 Å². The summed E-state index contributed by atoms with van der Waals surface area (Å²) < 4.78 is 11.1. The number of aliphatic hydroxyl groups is 1. The van der Waals surface area contributed by atoms with E-state index >= 15 is 0 Å². The van der Waals surface area contributed by atoms with Gasteiger partial charge in [0.1, 0.15) is 0 Å². The van der Waals surface area contributed by atoms with Gasteiger partial charge >= 0.3 is 0 Å². The summed E-state index contributed by atoms with van der Waals surface area (Å²) in [5.41, 5.74) is -0.398. The van der Waals surface area contributed by atoms with Gasteiger partial charge in [0.15, 0.2) is 11.5 Å². The lowest BCUT2D eigenvalue weighted by molar-refractivity contribution is -0.0820. The Labute approximate surface area is 139 Å². The van der Waals surface area contributed by atoms with Gasteiger partial charge in [-0.05, 0) is 49.7 Å². The minimum atomic E-state index is -0.398. The van der Waals surface area contributed by atoms with Crippen molar-refractivity contribution in [3.8, 4) is 11.5 Å². The lowest BCUT2D eigenvalue weighted by Gasteiger charge is -2.43. The fourth-order valence-electron chi connectivity index (χ4n) is 3.82. The number of piperidine rings is 1. The number of methoxy groups -OCH3 is 1. The van der Waals surface area contributed by atoms with Gasteiger partial charge in [0, 0.05) is 19.6 Å². The summed E-state index contributed by atoms with van der Waals surface area (Å²) in [4.78, 5) is 2.47. The number of para-hydroxylation sites is 2. The first-order valence-corrected chi connectivity index (χ1v) is 8.84. The van der Waals surface area contributed by atoms with Crippen LogP contribution in [-0.4, -0.2) is 49.0 Å². The van der Waals surface area contributed by atoms with Crippen LogP contribution in [0.4, 0.5) is 0 Å². The van der Waals surface area contributed by atoms with E-state index in [0.29, 0.717) is 18.4 Å². The van der Waals surface area contributed by atoms with E-state index in [1.165, 1.54) is 12.8 Å². The van der Waals surface area contributed by atoms with Crippen LogP contribution in [0.5, 0.6) is 11.5 Å². The summed E-state index contributed by atoms with van der Waals surface area (Å²) in [6, 6.07) is 7.77. The molecule has 2 atom stereocenters. The van der Waals surface area contributed by atoms with Crippen LogP contribution in [0, 0.1) is 11.8 Å². The Morgan fingerprint density at radius 1 is 1.26 bits per heavy atom. The Kier molecular flexibility index (Phi) is 5.12. The Morgan fingerprint density at radius 3 is 2.65 bits per heavy atom. The molecular weight excluding hydrogens is 290 g/mol. The molecule has 0 bridgehead atoms. The third kappa shape index (κ3) is 3.81. The molecule has 0 aromatic heterocycles. The number of rotatable bonds is 7. The lowest BCUT2D eigenvalue weighted by Crippen LogP contribution is -2.52. The number of benzene rings is 1. The van der Waals surface area contributed by atoms with Gasteiger partial charge in [-0.15, -0.1) is 0 Å². The standard InChI is InChI=1S/C19H29NO3/c1-15-14-20(12-10-19(15,21)16-8-9-16)11-5-13-23-18-7-4-3-6-17(18)22-2/h3-4,6-7,15-16,21H,5,8-14H2,1-2H3/t15-,19+/m1/s1. The fourth-order valence-corrected chi connectivity index (χ4v) is 3.82. The van der Waals surface area contributed by atoms with Crippen LogP contribution in [0.3, 0.4) is 0 Å². The van der Waals surface area contributed by atoms with Crippen LogP contribution in [0.15, 0.2) is 24.3 Å². The molecule has 3 rings (SSSR count). The molecule has 1 aromatic rings. The van der Waals surface area contributed by atoms with Crippen LogP contribution >= 0.6 is 0 Å². The van der Waals surface area contributed by atoms with Gasteiger partial charge in [0.25, 0.3) is 0 Å². The van der Waals surface area contributed by atoms with Crippen molar-refractivity contribution in [2.45, 2.75) is 38.2 Å². The third-order valence-electron chi connectivity index (χ3n) is 5.44. The van der Waals surface area contributed by atoms with Crippen molar-refractivity contribution in [2.75, 3.05) is 33.4 Å². The van der Waals surface area contributed by atoms with E-state index in [1.54, 1.807) is 7.11 Å². The number of hydrogen-bond donors (Lipinski definition) is 1. The fraction of sp³-hybridized carbons (Fsp3) is 0.684. The molecule has 0 radical (unpaired) electrons. The first-order chi connectivity index (χ1) is 11.1. The summed E-state index contributed by atoms with van der Waals surface area (Å²) >= 11 is 0. The second-order valence-electron chi connectivity index (χ2n) is 7.07. The molecule has 1 saturated carbocycles. The average Bonchev–Trinajstić information content (AvgIpc) is 3.40. The molecule has 1 saturated heterocycles.